The van der Waals surface area contributed by atoms with E-state index in [1.54, 1.807) is 19.1 Å². The molecule has 0 aliphatic carbocycles. The fourth-order valence-corrected chi connectivity index (χ4v) is 2.32. The zero-order valence-electron chi connectivity index (χ0n) is 13.1. The van der Waals surface area contributed by atoms with Crippen LogP contribution in [0.5, 0.6) is 0 Å². The number of amides is 2. The summed E-state index contributed by atoms with van der Waals surface area (Å²) in [6.07, 6.45) is 0.467. The number of aromatic nitrogens is 1. The van der Waals surface area contributed by atoms with E-state index in [2.05, 4.69) is 5.32 Å². The molecule has 1 rings (SSSR count). The molecule has 2 unspecified atom stereocenters. The van der Waals surface area contributed by atoms with Crippen LogP contribution >= 0.6 is 0 Å². The van der Waals surface area contributed by atoms with Gasteiger partial charge in [0.2, 0.25) is 11.8 Å². The number of aliphatic carboxylic acids is 1. The Kier molecular flexibility index (Phi) is 6.49. The van der Waals surface area contributed by atoms with E-state index in [1.165, 1.54) is 10.6 Å². The average molecular weight is 323 g/mol. The summed E-state index contributed by atoms with van der Waals surface area (Å²) < 4.78 is 1.32. The minimum absolute atomic E-state index is 0.347. The van der Waals surface area contributed by atoms with Crippen LogP contribution in [0.15, 0.2) is 23.0 Å². The predicted octanol–water partition coefficient (Wildman–Crippen LogP) is -0.0573. The average Bonchev–Trinajstić information content (AvgIpc) is 2.44. The van der Waals surface area contributed by atoms with Crippen molar-refractivity contribution in [3.05, 3.63) is 34.2 Å². The lowest BCUT2D eigenvalue weighted by Gasteiger charge is -2.23. The van der Waals surface area contributed by atoms with E-state index in [9.17, 15) is 19.2 Å². The summed E-state index contributed by atoms with van der Waals surface area (Å²) in [5.74, 6) is -2.82. The van der Waals surface area contributed by atoms with Gasteiger partial charge in [-0.05, 0) is 19.4 Å². The van der Waals surface area contributed by atoms with Crippen LogP contribution < -0.4 is 16.6 Å². The number of nitrogens with zero attached hydrogens (tertiary/aromatic N) is 1. The molecule has 0 radical (unpaired) electrons. The molecule has 8 nitrogen and oxygen atoms in total. The van der Waals surface area contributed by atoms with Crippen LogP contribution in [0.25, 0.3) is 0 Å². The molecule has 1 aromatic heterocycles. The van der Waals surface area contributed by atoms with E-state index in [-0.39, 0.29) is 5.56 Å². The van der Waals surface area contributed by atoms with Gasteiger partial charge in [0, 0.05) is 11.8 Å². The number of rotatable bonds is 8. The Morgan fingerprint density at radius 2 is 2.00 bits per heavy atom. The molecule has 0 aliphatic heterocycles. The van der Waals surface area contributed by atoms with Crippen LogP contribution in [0.4, 0.5) is 0 Å². The van der Waals surface area contributed by atoms with Gasteiger partial charge in [-0.3, -0.25) is 14.4 Å². The van der Waals surface area contributed by atoms with Gasteiger partial charge in [0.25, 0.3) is 5.56 Å². The predicted molar refractivity (Wildman–Crippen MR) is 82.8 cm³/mol. The molecule has 0 aromatic carbocycles. The molecule has 2 amide bonds. The van der Waals surface area contributed by atoms with Gasteiger partial charge in [-0.1, -0.05) is 19.4 Å². The lowest BCUT2D eigenvalue weighted by molar-refractivity contribution is -0.143. The van der Waals surface area contributed by atoms with Crippen LogP contribution in [-0.2, 0) is 14.4 Å². The number of carbonyl (C=O) groups is 3. The SMILES string of the molecule is CCCC(C(=O)NC(CC(N)=O)C(=O)O)n1c(C)cccc1=O. The number of pyridine rings is 1. The van der Waals surface area contributed by atoms with Gasteiger partial charge in [-0.15, -0.1) is 0 Å². The summed E-state index contributed by atoms with van der Waals surface area (Å²) in [7, 11) is 0. The van der Waals surface area contributed by atoms with E-state index in [1.807, 2.05) is 6.92 Å². The standard InChI is InChI=1S/C15H21N3O5/c1-3-5-11(18-9(2)6-4-7-13(18)20)14(21)17-10(15(22)23)8-12(16)19/h4,6-7,10-11H,3,5,8H2,1-2H3,(H2,16,19)(H,17,21)(H,22,23). The highest BCUT2D eigenvalue weighted by molar-refractivity contribution is 5.89. The van der Waals surface area contributed by atoms with Crippen molar-refractivity contribution in [2.24, 2.45) is 5.73 Å². The largest absolute Gasteiger partial charge is 0.480 e. The first-order valence-electron chi connectivity index (χ1n) is 7.27. The molecule has 0 saturated carbocycles. The number of hydrogen-bond acceptors (Lipinski definition) is 4. The van der Waals surface area contributed by atoms with Gasteiger partial charge >= 0.3 is 5.97 Å². The molecule has 0 bridgehead atoms. The van der Waals surface area contributed by atoms with Crippen LogP contribution in [0.3, 0.4) is 0 Å². The van der Waals surface area contributed by atoms with Crippen molar-refractivity contribution in [2.75, 3.05) is 0 Å². The number of nitrogens with one attached hydrogen (secondary N) is 1. The minimum atomic E-state index is -1.42. The number of carboxylic acids is 1. The summed E-state index contributed by atoms with van der Waals surface area (Å²) in [5.41, 5.74) is 5.24. The number of carboxylic acid groups (broad SMARTS) is 1. The third-order valence-electron chi connectivity index (χ3n) is 3.39. The Labute approximate surface area is 133 Å². The van der Waals surface area contributed by atoms with E-state index < -0.39 is 36.3 Å². The Morgan fingerprint density at radius 3 is 2.48 bits per heavy atom. The topological polar surface area (TPSA) is 131 Å². The first-order valence-corrected chi connectivity index (χ1v) is 7.27. The molecule has 126 valence electrons. The van der Waals surface area contributed by atoms with Gasteiger partial charge in [-0.2, -0.15) is 0 Å². The van der Waals surface area contributed by atoms with Gasteiger partial charge < -0.3 is 20.7 Å². The van der Waals surface area contributed by atoms with Gasteiger partial charge in [0.1, 0.15) is 12.1 Å². The van der Waals surface area contributed by atoms with Crippen molar-refractivity contribution < 1.29 is 19.5 Å². The zero-order chi connectivity index (χ0) is 17.6. The number of carbonyl (C=O) groups excluding carboxylic acids is 2. The highest BCUT2D eigenvalue weighted by Crippen LogP contribution is 2.15. The molecule has 0 aliphatic rings. The third-order valence-corrected chi connectivity index (χ3v) is 3.39. The van der Waals surface area contributed by atoms with Crippen molar-refractivity contribution >= 4 is 17.8 Å². The van der Waals surface area contributed by atoms with Crippen LogP contribution in [-0.4, -0.2) is 33.5 Å². The normalized spacial score (nSPS) is 13.1. The van der Waals surface area contributed by atoms with Crippen molar-refractivity contribution in [2.45, 2.75) is 45.2 Å². The van der Waals surface area contributed by atoms with Crippen molar-refractivity contribution in [1.82, 2.24) is 9.88 Å². The number of primary amides is 1. The second-order valence-corrected chi connectivity index (χ2v) is 5.25. The number of hydrogen-bond donors (Lipinski definition) is 3. The van der Waals surface area contributed by atoms with Gasteiger partial charge in [0.05, 0.1) is 6.42 Å². The van der Waals surface area contributed by atoms with E-state index in [4.69, 9.17) is 10.8 Å². The summed E-state index contributed by atoms with van der Waals surface area (Å²) in [4.78, 5) is 46.6. The monoisotopic (exact) mass is 323 g/mol. The molecule has 4 N–H and O–H groups in total. The van der Waals surface area contributed by atoms with Crippen molar-refractivity contribution in [1.29, 1.82) is 0 Å². The summed E-state index contributed by atoms with van der Waals surface area (Å²) in [5, 5.41) is 11.4. The molecular weight excluding hydrogens is 302 g/mol. The minimum Gasteiger partial charge on any atom is -0.480 e. The maximum absolute atomic E-state index is 12.4. The molecule has 23 heavy (non-hydrogen) atoms. The molecule has 0 fully saturated rings. The smallest absolute Gasteiger partial charge is 0.326 e. The lowest BCUT2D eigenvalue weighted by Crippen LogP contribution is -2.47. The number of aryl methyl sites for hydroxylation is 1. The second-order valence-electron chi connectivity index (χ2n) is 5.25. The van der Waals surface area contributed by atoms with Crippen molar-refractivity contribution in [3.8, 4) is 0 Å². The molecule has 1 heterocycles. The Balaban J connectivity index is 3.10. The zero-order valence-corrected chi connectivity index (χ0v) is 13.1. The molecule has 0 saturated heterocycles. The highest BCUT2D eigenvalue weighted by atomic mass is 16.4. The lowest BCUT2D eigenvalue weighted by atomic mass is 10.1. The van der Waals surface area contributed by atoms with Crippen LogP contribution in [0.2, 0.25) is 0 Å². The fraction of sp³-hybridized carbons (Fsp3) is 0.467. The van der Waals surface area contributed by atoms with E-state index >= 15 is 0 Å². The Morgan fingerprint density at radius 1 is 1.35 bits per heavy atom. The van der Waals surface area contributed by atoms with Crippen LogP contribution in [0.1, 0.15) is 37.9 Å². The van der Waals surface area contributed by atoms with Gasteiger partial charge in [-0.25, -0.2) is 4.79 Å². The molecule has 1 aromatic rings. The van der Waals surface area contributed by atoms with E-state index in [0.29, 0.717) is 18.5 Å². The second kappa shape index (κ2) is 8.11. The fourth-order valence-electron chi connectivity index (χ4n) is 2.32. The summed E-state index contributed by atoms with van der Waals surface area (Å²) >= 11 is 0. The maximum Gasteiger partial charge on any atom is 0.326 e. The van der Waals surface area contributed by atoms with Gasteiger partial charge in [0.15, 0.2) is 0 Å². The highest BCUT2D eigenvalue weighted by Gasteiger charge is 2.28. The number of nitrogens with two attached hydrogens (primary N) is 1. The first kappa shape index (κ1) is 18.4. The summed E-state index contributed by atoms with van der Waals surface area (Å²) in [6, 6.07) is 2.35. The first-order chi connectivity index (χ1) is 10.8. The summed E-state index contributed by atoms with van der Waals surface area (Å²) in [6.45, 7) is 3.54. The Hall–Kier alpha value is -2.64. The van der Waals surface area contributed by atoms with E-state index in [0.717, 1.165) is 0 Å². The molecular formula is C15H21N3O5. The van der Waals surface area contributed by atoms with Crippen molar-refractivity contribution in [3.63, 3.8) is 0 Å². The Bertz CT molecular complexity index is 653. The maximum atomic E-state index is 12.4. The molecule has 2 atom stereocenters. The molecule has 8 heteroatoms. The third kappa shape index (κ3) is 4.94. The molecule has 0 spiro atoms. The quantitative estimate of drug-likeness (QED) is 0.617. The van der Waals surface area contributed by atoms with Crippen LogP contribution in [0, 0.1) is 6.92 Å².